The van der Waals surface area contributed by atoms with Crippen molar-refractivity contribution in [2.24, 2.45) is 5.73 Å². The lowest BCUT2D eigenvalue weighted by Crippen LogP contribution is -2.50. The minimum Gasteiger partial charge on any atom is -0.467 e. The number of urea groups is 1. The SMILES string of the molecule is COc1ncc(-c2ccc(N(C(=O)NCC(F)(F)F)C3CCC(OC(N)=O)CC3)nc2)cn1. The number of carbonyl (C=O) groups is 2. The van der Waals surface area contributed by atoms with Gasteiger partial charge in [0.05, 0.1) is 7.11 Å². The Labute approximate surface area is 187 Å². The van der Waals surface area contributed by atoms with E-state index in [1.54, 1.807) is 12.1 Å². The largest absolute Gasteiger partial charge is 0.467 e. The molecule has 2 aromatic heterocycles. The van der Waals surface area contributed by atoms with Gasteiger partial charge in [-0.05, 0) is 37.8 Å². The molecule has 0 aromatic carbocycles. The van der Waals surface area contributed by atoms with E-state index in [9.17, 15) is 22.8 Å². The van der Waals surface area contributed by atoms with Crippen LogP contribution in [0.25, 0.3) is 11.1 Å². The number of hydrogen-bond acceptors (Lipinski definition) is 7. The molecule has 1 aliphatic carbocycles. The van der Waals surface area contributed by atoms with E-state index in [-0.39, 0.29) is 11.8 Å². The first-order valence-corrected chi connectivity index (χ1v) is 10.1. The Kier molecular flexibility index (Phi) is 7.51. The Morgan fingerprint density at radius 1 is 1.09 bits per heavy atom. The molecular formula is C20H23F3N6O4. The molecule has 10 nitrogen and oxygen atoms in total. The quantitative estimate of drug-likeness (QED) is 0.666. The number of nitrogens with one attached hydrogen (secondary N) is 1. The van der Waals surface area contributed by atoms with Crippen LogP contribution in [0.15, 0.2) is 30.7 Å². The Morgan fingerprint density at radius 2 is 1.73 bits per heavy atom. The van der Waals surface area contributed by atoms with Crippen molar-refractivity contribution in [1.82, 2.24) is 20.3 Å². The molecule has 1 fully saturated rings. The van der Waals surface area contributed by atoms with Gasteiger partial charge in [-0.15, -0.1) is 0 Å². The predicted molar refractivity (Wildman–Crippen MR) is 110 cm³/mol. The van der Waals surface area contributed by atoms with E-state index in [1.165, 1.54) is 30.6 Å². The second-order valence-electron chi connectivity index (χ2n) is 7.37. The van der Waals surface area contributed by atoms with Crippen LogP contribution in [-0.4, -0.2) is 59.1 Å². The van der Waals surface area contributed by atoms with E-state index in [0.717, 1.165) is 0 Å². The Balaban J connectivity index is 1.79. The van der Waals surface area contributed by atoms with Crippen molar-refractivity contribution in [3.8, 4) is 17.1 Å². The number of methoxy groups -OCH3 is 1. The van der Waals surface area contributed by atoms with E-state index in [4.69, 9.17) is 15.2 Å². The van der Waals surface area contributed by atoms with Gasteiger partial charge in [-0.25, -0.2) is 24.5 Å². The third-order valence-electron chi connectivity index (χ3n) is 5.09. The molecule has 2 aromatic rings. The molecule has 178 valence electrons. The smallest absolute Gasteiger partial charge is 0.405 e. The van der Waals surface area contributed by atoms with Crippen molar-refractivity contribution in [1.29, 1.82) is 0 Å². The molecular weight excluding hydrogens is 445 g/mol. The molecule has 33 heavy (non-hydrogen) atoms. The van der Waals surface area contributed by atoms with Gasteiger partial charge in [-0.2, -0.15) is 13.2 Å². The highest BCUT2D eigenvalue weighted by molar-refractivity contribution is 5.91. The number of nitrogens with two attached hydrogens (primary N) is 1. The average Bonchev–Trinajstić information content (AvgIpc) is 2.79. The summed E-state index contributed by atoms with van der Waals surface area (Å²) in [5.74, 6) is 0.187. The lowest BCUT2D eigenvalue weighted by atomic mass is 9.92. The number of nitrogens with zero attached hydrogens (tertiary/aromatic N) is 4. The molecule has 3 rings (SSSR count). The summed E-state index contributed by atoms with van der Waals surface area (Å²) in [6, 6.07) is 2.05. The lowest BCUT2D eigenvalue weighted by Gasteiger charge is -2.36. The molecule has 0 saturated heterocycles. The maximum atomic E-state index is 12.7. The maximum Gasteiger partial charge on any atom is 0.405 e. The van der Waals surface area contributed by atoms with Gasteiger partial charge in [-0.1, -0.05) is 0 Å². The predicted octanol–water partition coefficient (Wildman–Crippen LogP) is 3.03. The second kappa shape index (κ2) is 10.3. The van der Waals surface area contributed by atoms with Crippen LogP contribution in [0.1, 0.15) is 25.7 Å². The highest BCUT2D eigenvalue weighted by Gasteiger charge is 2.34. The van der Waals surface area contributed by atoms with Gasteiger partial charge < -0.3 is 20.5 Å². The molecule has 0 radical (unpaired) electrons. The summed E-state index contributed by atoms with van der Waals surface area (Å²) in [6.07, 6.45) is 0.331. The van der Waals surface area contributed by atoms with Crippen LogP contribution < -0.4 is 20.7 Å². The lowest BCUT2D eigenvalue weighted by molar-refractivity contribution is -0.122. The third kappa shape index (κ3) is 6.67. The molecule has 0 bridgehead atoms. The summed E-state index contributed by atoms with van der Waals surface area (Å²) in [5.41, 5.74) is 6.34. The van der Waals surface area contributed by atoms with Crippen molar-refractivity contribution in [3.05, 3.63) is 30.7 Å². The zero-order chi connectivity index (χ0) is 24.0. The van der Waals surface area contributed by atoms with Gasteiger partial charge >= 0.3 is 24.3 Å². The monoisotopic (exact) mass is 468 g/mol. The topological polar surface area (TPSA) is 133 Å². The summed E-state index contributed by atoms with van der Waals surface area (Å²) < 4.78 is 47.9. The number of aromatic nitrogens is 3. The Hall–Kier alpha value is -3.64. The first-order valence-electron chi connectivity index (χ1n) is 10.1. The van der Waals surface area contributed by atoms with Crippen LogP contribution in [0, 0.1) is 0 Å². The summed E-state index contributed by atoms with van der Waals surface area (Å²) in [4.78, 5) is 37.2. The van der Waals surface area contributed by atoms with Crippen molar-refractivity contribution in [3.63, 3.8) is 0 Å². The van der Waals surface area contributed by atoms with Gasteiger partial charge in [0, 0.05) is 35.8 Å². The number of halogens is 3. The van der Waals surface area contributed by atoms with Gasteiger partial charge in [0.1, 0.15) is 18.5 Å². The van der Waals surface area contributed by atoms with Crippen LogP contribution in [-0.2, 0) is 4.74 Å². The number of rotatable bonds is 6. The number of pyridine rings is 1. The normalized spacial score (nSPS) is 18.3. The van der Waals surface area contributed by atoms with Crippen LogP contribution in [0.2, 0.25) is 0 Å². The highest BCUT2D eigenvalue weighted by Crippen LogP contribution is 2.29. The molecule has 13 heteroatoms. The van der Waals surface area contributed by atoms with E-state index < -0.39 is 37.0 Å². The molecule has 1 aliphatic rings. The third-order valence-corrected chi connectivity index (χ3v) is 5.09. The maximum absolute atomic E-state index is 12.7. The van der Waals surface area contributed by atoms with E-state index in [0.29, 0.717) is 36.8 Å². The molecule has 2 heterocycles. The van der Waals surface area contributed by atoms with Crippen molar-refractivity contribution in [2.75, 3.05) is 18.6 Å². The van der Waals surface area contributed by atoms with Crippen LogP contribution in [0.5, 0.6) is 6.01 Å². The zero-order valence-electron chi connectivity index (χ0n) is 17.7. The number of primary amides is 1. The fourth-order valence-corrected chi connectivity index (χ4v) is 3.57. The van der Waals surface area contributed by atoms with Crippen molar-refractivity contribution >= 4 is 17.9 Å². The van der Waals surface area contributed by atoms with E-state index in [2.05, 4.69) is 15.0 Å². The van der Waals surface area contributed by atoms with Crippen LogP contribution in [0.4, 0.5) is 28.6 Å². The number of ether oxygens (including phenoxy) is 2. The molecule has 3 amide bonds. The van der Waals surface area contributed by atoms with Gasteiger partial charge in [0.25, 0.3) is 0 Å². The van der Waals surface area contributed by atoms with Crippen LogP contribution in [0.3, 0.4) is 0 Å². The molecule has 3 N–H and O–H groups in total. The Bertz CT molecular complexity index is 948. The number of anilines is 1. The summed E-state index contributed by atoms with van der Waals surface area (Å²) in [7, 11) is 1.44. The molecule has 0 spiro atoms. The second-order valence-corrected chi connectivity index (χ2v) is 7.37. The fraction of sp³-hybridized carbons (Fsp3) is 0.450. The highest BCUT2D eigenvalue weighted by atomic mass is 19.4. The molecule has 0 atom stereocenters. The Morgan fingerprint density at radius 3 is 2.24 bits per heavy atom. The first-order chi connectivity index (χ1) is 15.7. The molecule has 0 unspecified atom stereocenters. The average molecular weight is 468 g/mol. The van der Waals surface area contributed by atoms with Crippen molar-refractivity contribution < 1.29 is 32.2 Å². The summed E-state index contributed by atoms with van der Waals surface area (Å²) >= 11 is 0. The van der Waals surface area contributed by atoms with E-state index >= 15 is 0 Å². The zero-order valence-corrected chi connectivity index (χ0v) is 17.7. The number of hydrogen-bond donors (Lipinski definition) is 2. The van der Waals surface area contributed by atoms with Gasteiger partial charge in [0.15, 0.2) is 0 Å². The minimum atomic E-state index is -4.56. The molecule has 0 aliphatic heterocycles. The summed E-state index contributed by atoms with van der Waals surface area (Å²) in [6.45, 7) is -1.47. The standard InChI is InChI=1S/C20H23F3N6O4/c1-32-18-26-9-13(10-27-18)12-2-7-16(25-8-12)29(19(31)28-11-20(21,22)23)14-3-5-15(6-4-14)33-17(24)30/h2,7-10,14-15H,3-6,11H2,1H3,(H2,24,30)(H,28,31). The number of alkyl halides is 3. The number of amides is 3. The van der Waals surface area contributed by atoms with E-state index in [1.807, 2.05) is 5.32 Å². The first kappa shape index (κ1) is 24.0. The van der Waals surface area contributed by atoms with Crippen LogP contribution >= 0.6 is 0 Å². The van der Waals surface area contributed by atoms with Gasteiger partial charge in [-0.3, -0.25) is 4.90 Å². The van der Waals surface area contributed by atoms with Gasteiger partial charge in [0.2, 0.25) is 0 Å². The number of carbonyl (C=O) groups excluding carboxylic acids is 2. The minimum absolute atomic E-state index is 0.187. The molecule has 1 saturated carbocycles. The summed E-state index contributed by atoms with van der Waals surface area (Å²) in [5, 5.41) is 1.90. The fourth-order valence-electron chi connectivity index (χ4n) is 3.57. The van der Waals surface area contributed by atoms with Crippen molar-refractivity contribution in [2.45, 2.75) is 44.0 Å².